The molecule has 2 N–H and O–H groups in total. The first-order chi connectivity index (χ1) is 9.70. The molecule has 1 aromatic heterocycles. The number of hydrogen-bond acceptors (Lipinski definition) is 3. The lowest BCUT2D eigenvalue weighted by Gasteiger charge is -2.06. The maximum absolute atomic E-state index is 11.9. The number of amides is 1. The molecule has 4 heteroatoms. The lowest BCUT2D eigenvalue weighted by molar-refractivity contribution is -0.120. The van der Waals surface area contributed by atoms with Crippen LogP contribution in [0.3, 0.4) is 0 Å². The van der Waals surface area contributed by atoms with Crippen molar-refractivity contribution in [3.8, 4) is 0 Å². The summed E-state index contributed by atoms with van der Waals surface area (Å²) >= 11 is 1.68. The van der Waals surface area contributed by atoms with Gasteiger partial charge in [0, 0.05) is 29.4 Å². The minimum absolute atomic E-state index is 0.0884. The molecule has 0 atom stereocenters. The van der Waals surface area contributed by atoms with E-state index in [1.807, 2.05) is 6.07 Å². The van der Waals surface area contributed by atoms with Crippen LogP contribution in [0.2, 0.25) is 0 Å². The van der Waals surface area contributed by atoms with Gasteiger partial charge in [0.1, 0.15) is 0 Å². The van der Waals surface area contributed by atoms with Gasteiger partial charge in [0.25, 0.3) is 0 Å². The Morgan fingerprint density at radius 1 is 1.25 bits per heavy atom. The minimum atomic E-state index is 0.0884. The fourth-order valence-electron chi connectivity index (χ4n) is 2.46. The molecule has 1 amide bonds. The first-order valence-corrected chi connectivity index (χ1v) is 7.66. The van der Waals surface area contributed by atoms with Crippen molar-refractivity contribution in [2.45, 2.75) is 33.0 Å². The number of benzene rings is 1. The van der Waals surface area contributed by atoms with Crippen LogP contribution in [-0.4, -0.2) is 5.91 Å². The van der Waals surface area contributed by atoms with Gasteiger partial charge in [-0.05, 0) is 35.7 Å². The minimum Gasteiger partial charge on any atom is -0.352 e. The third-order valence-corrected chi connectivity index (χ3v) is 4.52. The van der Waals surface area contributed by atoms with Crippen molar-refractivity contribution in [3.63, 3.8) is 0 Å². The van der Waals surface area contributed by atoms with Gasteiger partial charge < -0.3 is 10.6 Å². The second kappa shape index (κ2) is 5.77. The molecule has 2 heterocycles. The van der Waals surface area contributed by atoms with Crippen LogP contribution >= 0.6 is 11.3 Å². The maximum Gasteiger partial charge on any atom is 0.225 e. The Hall–Kier alpha value is -1.65. The van der Waals surface area contributed by atoms with Crippen molar-refractivity contribution in [3.05, 3.63) is 56.8 Å². The van der Waals surface area contributed by atoms with Gasteiger partial charge in [-0.15, -0.1) is 11.3 Å². The molecule has 0 radical (unpaired) electrons. The van der Waals surface area contributed by atoms with Crippen molar-refractivity contribution in [2.24, 2.45) is 0 Å². The predicted molar refractivity (Wildman–Crippen MR) is 81.6 cm³/mol. The Morgan fingerprint density at radius 2 is 2.10 bits per heavy atom. The summed E-state index contributed by atoms with van der Waals surface area (Å²) in [5, 5.41) is 6.32. The smallest absolute Gasteiger partial charge is 0.225 e. The normalized spacial score (nSPS) is 13.2. The summed E-state index contributed by atoms with van der Waals surface area (Å²) in [6, 6.07) is 10.5. The van der Waals surface area contributed by atoms with Gasteiger partial charge in [-0.25, -0.2) is 0 Å². The number of carbonyl (C=O) groups is 1. The van der Waals surface area contributed by atoms with E-state index in [0.717, 1.165) is 18.0 Å². The number of rotatable bonds is 4. The van der Waals surface area contributed by atoms with E-state index >= 15 is 0 Å². The molecule has 0 fully saturated rings. The largest absolute Gasteiger partial charge is 0.352 e. The van der Waals surface area contributed by atoms with Gasteiger partial charge >= 0.3 is 0 Å². The van der Waals surface area contributed by atoms with Gasteiger partial charge in [0.15, 0.2) is 0 Å². The number of nitrogens with one attached hydrogen (secondary N) is 2. The second-order valence-electron chi connectivity index (χ2n) is 5.17. The SMILES string of the molecule is Cc1ccc(CC(=O)NCc2ccc3c(c2)CNC3)s1. The van der Waals surface area contributed by atoms with E-state index in [4.69, 9.17) is 0 Å². The lowest BCUT2D eigenvalue weighted by Crippen LogP contribution is -2.24. The molecular formula is C16H18N2OS. The highest BCUT2D eigenvalue weighted by Crippen LogP contribution is 2.17. The Labute approximate surface area is 123 Å². The van der Waals surface area contributed by atoms with E-state index in [0.29, 0.717) is 13.0 Å². The predicted octanol–water partition coefficient (Wildman–Crippen LogP) is 2.52. The van der Waals surface area contributed by atoms with Gasteiger partial charge in [-0.1, -0.05) is 18.2 Å². The Balaban J connectivity index is 1.55. The number of aryl methyl sites for hydroxylation is 1. The molecule has 3 rings (SSSR count). The van der Waals surface area contributed by atoms with Crippen LogP contribution in [0.25, 0.3) is 0 Å². The van der Waals surface area contributed by atoms with E-state index in [9.17, 15) is 4.79 Å². The fraction of sp³-hybridized carbons (Fsp3) is 0.312. The summed E-state index contributed by atoms with van der Waals surface area (Å²) in [5.74, 6) is 0.0884. The van der Waals surface area contributed by atoms with Gasteiger partial charge in [-0.2, -0.15) is 0 Å². The Bertz CT molecular complexity index is 633. The van der Waals surface area contributed by atoms with E-state index in [1.54, 1.807) is 11.3 Å². The standard InChI is InChI=1S/C16H18N2OS/c1-11-2-5-15(20-11)7-16(19)18-8-12-3-4-13-9-17-10-14(13)6-12/h2-6,17H,7-10H2,1H3,(H,18,19). The zero-order valence-corrected chi connectivity index (χ0v) is 12.3. The summed E-state index contributed by atoms with van der Waals surface area (Å²) in [6.07, 6.45) is 0.477. The number of thiophene rings is 1. The van der Waals surface area contributed by atoms with E-state index in [1.165, 1.54) is 21.6 Å². The molecular weight excluding hydrogens is 268 g/mol. The fourth-order valence-corrected chi connectivity index (χ4v) is 3.35. The molecule has 104 valence electrons. The van der Waals surface area contributed by atoms with Crippen molar-refractivity contribution < 1.29 is 4.79 Å². The van der Waals surface area contributed by atoms with Crippen LogP contribution in [-0.2, 0) is 30.8 Å². The average Bonchev–Trinajstić information content (AvgIpc) is 3.04. The van der Waals surface area contributed by atoms with E-state index in [-0.39, 0.29) is 5.91 Å². The molecule has 20 heavy (non-hydrogen) atoms. The molecule has 1 aliphatic heterocycles. The van der Waals surface area contributed by atoms with Crippen molar-refractivity contribution >= 4 is 17.2 Å². The van der Waals surface area contributed by atoms with Crippen LogP contribution < -0.4 is 10.6 Å². The molecule has 1 aromatic carbocycles. The van der Waals surface area contributed by atoms with Crippen LogP contribution in [0, 0.1) is 6.92 Å². The summed E-state index contributed by atoms with van der Waals surface area (Å²) in [5.41, 5.74) is 3.89. The summed E-state index contributed by atoms with van der Waals surface area (Å²) in [6.45, 7) is 4.56. The Morgan fingerprint density at radius 3 is 2.90 bits per heavy atom. The third-order valence-electron chi connectivity index (χ3n) is 3.52. The number of carbonyl (C=O) groups excluding carboxylic acids is 1. The summed E-state index contributed by atoms with van der Waals surface area (Å²) in [4.78, 5) is 14.3. The molecule has 0 bridgehead atoms. The molecule has 0 aliphatic carbocycles. The van der Waals surface area contributed by atoms with Gasteiger partial charge in [0.2, 0.25) is 5.91 Å². The molecule has 0 saturated carbocycles. The summed E-state index contributed by atoms with van der Waals surface area (Å²) < 4.78 is 0. The van der Waals surface area contributed by atoms with Crippen LogP contribution in [0.4, 0.5) is 0 Å². The molecule has 2 aromatic rings. The molecule has 0 unspecified atom stereocenters. The highest BCUT2D eigenvalue weighted by atomic mass is 32.1. The van der Waals surface area contributed by atoms with Crippen molar-refractivity contribution in [2.75, 3.05) is 0 Å². The first-order valence-electron chi connectivity index (χ1n) is 6.84. The highest BCUT2D eigenvalue weighted by molar-refractivity contribution is 7.12. The van der Waals surface area contributed by atoms with E-state index in [2.05, 4.69) is 41.8 Å². The lowest BCUT2D eigenvalue weighted by atomic mass is 10.1. The summed E-state index contributed by atoms with van der Waals surface area (Å²) in [7, 11) is 0. The first kappa shape index (κ1) is 13.3. The molecule has 1 aliphatic rings. The van der Waals surface area contributed by atoms with Crippen molar-refractivity contribution in [1.82, 2.24) is 10.6 Å². The van der Waals surface area contributed by atoms with E-state index < -0.39 is 0 Å². The average molecular weight is 286 g/mol. The molecule has 0 spiro atoms. The maximum atomic E-state index is 11.9. The number of fused-ring (bicyclic) bond motifs is 1. The highest BCUT2D eigenvalue weighted by Gasteiger charge is 2.10. The zero-order valence-electron chi connectivity index (χ0n) is 11.5. The van der Waals surface area contributed by atoms with Crippen LogP contribution in [0.1, 0.15) is 26.4 Å². The third kappa shape index (κ3) is 3.08. The van der Waals surface area contributed by atoms with Gasteiger partial charge in [-0.3, -0.25) is 4.79 Å². The topological polar surface area (TPSA) is 41.1 Å². The second-order valence-corrected chi connectivity index (χ2v) is 6.54. The zero-order chi connectivity index (χ0) is 13.9. The quantitative estimate of drug-likeness (QED) is 0.907. The molecule has 0 saturated heterocycles. The monoisotopic (exact) mass is 286 g/mol. The van der Waals surface area contributed by atoms with Crippen LogP contribution in [0.5, 0.6) is 0 Å². The van der Waals surface area contributed by atoms with Crippen molar-refractivity contribution in [1.29, 1.82) is 0 Å². The number of hydrogen-bond donors (Lipinski definition) is 2. The van der Waals surface area contributed by atoms with Gasteiger partial charge in [0.05, 0.1) is 6.42 Å². The Kier molecular flexibility index (Phi) is 3.85. The molecule has 3 nitrogen and oxygen atoms in total. The van der Waals surface area contributed by atoms with Crippen LogP contribution in [0.15, 0.2) is 30.3 Å².